The number of thiocarbonyl (C=S) groups is 1. The molecule has 0 aliphatic heterocycles. The maximum absolute atomic E-state index is 12.0. The Balaban J connectivity index is 2.55. The Morgan fingerprint density at radius 3 is 2.70 bits per heavy atom. The lowest BCUT2D eigenvalue weighted by Crippen LogP contribution is -2.38. The van der Waals surface area contributed by atoms with Gasteiger partial charge in [0.05, 0.1) is 17.2 Å². The molecular weight excluding hydrogens is 338 g/mol. The third-order valence-electron chi connectivity index (χ3n) is 2.98. The number of hydrogen-bond acceptors (Lipinski definition) is 3. The molecule has 1 atom stereocenters. The molecule has 1 amide bonds. The highest BCUT2D eigenvalue weighted by molar-refractivity contribution is 9.10. The molecule has 0 heterocycles. The number of carbonyl (C=O) groups excluding carboxylic acids is 1. The third kappa shape index (κ3) is 5.56. The minimum Gasteiger partial charge on any atom is -0.393 e. The van der Waals surface area contributed by atoms with Gasteiger partial charge in [0.1, 0.15) is 0 Å². The van der Waals surface area contributed by atoms with Crippen LogP contribution >= 0.6 is 28.1 Å². The van der Waals surface area contributed by atoms with E-state index < -0.39 is 0 Å². The molecule has 1 aromatic carbocycles. The van der Waals surface area contributed by atoms with Crippen molar-refractivity contribution in [3.63, 3.8) is 0 Å². The predicted molar refractivity (Wildman–Crippen MR) is 90.8 cm³/mol. The number of hydrogen-bond donors (Lipinski definition) is 2. The Morgan fingerprint density at radius 1 is 1.50 bits per heavy atom. The van der Waals surface area contributed by atoms with Gasteiger partial charge in [0, 0.05) is 16.9 Å². The molecular formula is C14H20BrN3OS. The highest BCUT2D eigenvalue weighted by Crippen LogP contribution is 2.21. The smallest absolute Gasteiger partial charge is 0.238 e. The SMILES string of the molecule is CCN(CC(=O)Nc1ccccc1Br)CC(C)C(N)=S. The van der Waals surface area contributed by atoms with E-state index in [1.807, 2.05) is 43.0 Å². The zero-order valence-corrected chi connectivity index (χ0v) is 14.1. The number of nitrogens with zero attached hydrogens (tertiary/aromatic N) is 1. The number of anilines is 1. The van der Waals surface area contributed by atoms with Gasteiger partial charge >= 0.3 is 0 Å². The fourth-order valence-corrected chi connectivity index (χ4v) is 2.20. The average molecular weight is 358 g/mol. The second-order valence-corrected chi connectivity index (χ2v) is 5.98. The first kappa shape index (κ1) is 17.1. The Hall–Kier alpha value is -0.980. The first-order chi connectivity index (χ1) is 9.43. The summed E-state index contributed by atoms with van der Waals surface area (Å²) in [7, 11) is 0. The van der Waals surface area contributed by atoms with Gasteiger partial charge in [-0.25, -0.2) is 0 Å². The van der Waals surface area contributed by atoms with Gasteiger partial charge in [-0.2, -0.15) is 0 Å². The summed E-state index contributed by atoms with van der Waals surface area (Å²) in [6.45, 7) is 5.77. The molecule has 0 aliphatic carbocycles. The van der Waals surface area contributed by atoms with E-state index in [2.05, 4.69) is 21.2 Å². The van der Waals surface area contributed by atoms with Crippen molar-refractivity contribution in [2.45, 2.75) is 13.8 Å². The number of para-hydroxylation sites is 1. The summed E-state index contributed by atoms with van der Waals surface area (Å²) < 4.78 is 0.868. The van der Waals surface area contributed by atoms with E-state index in [1.54, 1.807) is 0 Å². The number of nitrogens with one attached hydrogen (secondary N) is 1. The van der Waals surface area contributed by atoms with Gasteiger partial charge in [-0.05, 0) is 34.6 Å². The van der Waals surface area contributed by atoms with Gasteiger partial charge in [-0.15, -0.1) is 0 Å². The summed E-state index contributed by atoms with van der Waals surface area (Å²) in [4.78, 5) is 14.6. The van der Waals surface area contributed by atoms with Crippen LogP contribution in [0.25, 0.3) is 0 Å². The van der Waals surface area contributed by atoms with Crippen LogP contribution in [0.5, 0.6) is 0 Å². The largest absolute Gasteiger partial charge is 0.393 e. The monoisotopic (exact) mass is 357 g/mol. The van der Waals surface area contributed by atoms with Gasteiger partial charge in [-0.1, -0.05) is 38.2 Å². The Bertz CT molecular complexity index is 481. The molecule has 0 radical (unpaired) electrons. The lowest BCUT2D eigenvalue weighted by Gasteiger charge is -2.23. The zero-order valence-electron chi connectivity index (χ0n) is 11.7. The van der Waals surface area contributed by atoms with Crippen molar-refractivity contribution in [1.82, 2.24) is 4.90 Å². The number of benzene rings is 1. The molecule has 1 unspecified atom stereocenters. The lowest BCUT2D eigenvalue weighted by molar-refractivity contribution is -0.117. The number of halogens is 1. The molecule has 6 heteroatoms. The van der Waals surface area contributed by atoms with E-state index in [0.717, 1.165) is 16.7 Å². The van der Waals surface area contributed by atoms with E-state index in [0.29, 0.717) is 18.1 Å². The maximum Gasteiger partial charge on any atom is 0.238 e. The van der Waals surface area contributed by atoms with E-state index in [4.69, 9.17) is 18.0 Å². The summed E-state index contributed by atoms with van der Waals surface area (Å²) in [6.07, 6.45) is 0. The van der Waals surface area contributed by atoms with Crippen molar-refractivity contribution in [3.05, 3.63) is 28.7 Å². The van der Waals surface area contributed by atoms with Crippen LogP contribution in [0, 0.1) is 5.92 Å². The van der Waals surface area contributed by atoms with E-state index in [1.165, 1.54) is 0 Å². The van der Waals surface area contributed by atoms with Crippen molar-refractivity contribution < 1.29 is 4.79 Å². The summed E-state index contributed by atoms with van der Waals surface area (Å²) in [5.74, 6) is 0.0510. The molecule has 0 spiro atoms. The Labute approximate surface area is 133 Å². The molecule has 110 valence electrons. The Kier molecular flexibility index (Phi) is 7.12. The summed E-state index contributed by atoms with van der Waals surface area (Å²) >= 11 is 8.37. The number of likely N-dealkylation sites (N-methyl/N-ethyl adjacent to an activating group) is 1. The third-order valence-corrected chi connectivity index (χ3v) is 4.07. The van der Waals surface area contributed by atoms with Crippen molar-refractivity contribution in [2.75, 3.05) is 25.0 Å². The van der Waals surface area contributed by atoms with Gasteiger partial charge in [-0.3, -0.25) is 9.69 Å². The summed E-state index contributed by atoms with van der Waals surface area (Å²) in [5, 5.41) is 2.89. The zero-order chi connectivity index (χ0) is 15.1. The fraction of sp³-hybridized carbons (Fsp3) is 0.429. The van der Waals surface area contributed by atoms with Crippen LogP contribution in [0.1, 0.15) is 13.8 Å². The fourth-order valence-electron chi connectivity index (χ4n) is 1.74. The molecule has 0 saturated heterocycles. The summed E-state index contributed by atoms with van der Waals surface area (Å²) in [6, 6.07) is 7.53. The van der Waals surface area contributed by atoms with E-state index in [-0.39, 0.29) is 11.8 Å². The standard InChI is InChI=1S/C14H20BrN3OS/c1-3-18(8-10(2)14(16)20)9-13(19)17-12-7-5-4-6-11(12)15/h4-7,10H,3,8-9H2,1-2H3,(H2,16,20)(H,17,19). The maximum atomic E-state index is 12.0. The lowest BCUT2D eigenvalue weighted by atomic mass is 10.1. The van der Waals surface area contributed by atoms with Crippen LogP contribution < -0.4 is 11.1 Å². The van der Waals surface area contributed by atoms with Crippen LogP contribution in [0.2, 0.25) is 0 Å². The molecule has 1 rings (SSSR count). The van der Waals surface area contributed by atoms with Crippen LogP contribution in [0.4, 0.5) is 5.69 Å². The normalized spacial score (nSPS) is 12.2. The molecule has 0 aliphatic rings. The minimum absolute atomic E-state index is 0.0473. The van der Waals surface area contributed by atoms with Crippen LogP contribution in [0.3, 0.4) is 0 Å². The molecule has 0 saturated carbocycles. The molecule has 20 heavy (non-hydrogen) atoms. The van der Waals surface area contributed by atoms with Crippen LogP contribution in [0.15, 0.2) is 28.7 Å². The number of carbonyl (C=O) groups is 1. The average Bonchev–Trinajstić information content (AvgIpc) is 2.40. The number of rotatable bonds is 7. The van der Waals surface area contributed by atoms with E-state index in [9.17, 15) is 4.79 Å². The predicted octanol–water partition coefficient (Wildman–Crippen LogP) is 2.63. The number of amides is 1. The van der Waals surface area contributed by atoms with Crippen molar-refractivity contribution in [2.24, 2.45) is 11.7 Å². The quantitative estimate of drug-likeness (QED) is 0.736. The molecule has 0 fully saturated rings. The molecule has 1 aromatic rings. The van der Waals surface area contributed by atoms with Crippen molar-refractivity contribution in [3.8, 4) is 0 Å². The van der Waals surface area contributed by atoms with Crippen LogP contribution in [-0.4, -0.2) is 35.4 Å². The van der Waals surface area contributed by atoms with Crippen molar-refractivity contribution >= 4 is 44.7 Å². The van der Waals surface area contributed by atoms with Crippen molar-refractivity contribution in [1.29, 1.82) is 0 Å². The molecule has 0 aromatic heterocycles. The highest BCUT2D eigenvalue weighted by atomic mass is 79.9. The minimum atomic E-state index is -0.0473. The second kappa shape index (κ2) is 8.34. The van der Waals surface area contributed by atoms with Gasteiger partial charge in [0.2, 0.25) is 5.91 Å². The van der Waals surface area contributed by atoms with Gasteiger partial charge in [0.25, 0.3) is 0 Å². The van der Waals surface area contributed by atoms with Crippen LogP contribution in [-0.2, 0) is 4.79 Å². The first-order valence-corrected chi connectivity index (χ1v) is 7.70. The van der Waals surface area contributed by atoms with Gasteiger partial charge in [0.15, 0.2) is 0 Å². The topological polar surface area (TPSA) is 58.4 Å². The number of nitrogens with two attached hydrogens (primary N) is 1. The summed E-state index contributed by atoms with van der Waals surface area (Å²) in [5.41, 5.74) is 6.39. The highest BCUT2D eigenvalue weighted by Gasteiger charge is 2.14. The Morgan fingerprint density at radius 2 is 2.15 bits per heavy atom. The molecule has 0 bridgehead atoms. The van der Waals surface area contributed by atoms with E-state index >= 15 is 0 Å². The molecule has 4 nitrogen and oxygen atoms in total. The second-order valence-electron chi connectivity index (χ2n) is 4.66. The molecule has 3 N–H and O–H groups in total. The van der Waals surface area contributed by atoms with Gasteiger partial charge < -0.3 is 11.1 Å². The first-order valence-electron chi connectivity index (χ1n) is 6.50.